The average Bonchev–Trinajstić information content (AvgIpc) is 2.15. The molecule has 15 heavy (non-hydrogen) atoms. The van der Waals surface area contributed by atoms with Gasteiger partial charge in [0.25, 0.3) is 0 Å². The van der Waals surface area contributed by atoms with Crippen molar-refractivity contribution in [3.05, 3.63) is 23.8 Å². The smallest absolute Gasteiger partial charge is 0.183 e. The van der Waals surface area contributed by atoms with Crippen LogP contribution in [-0.2, 0) is 9.84 Å². The number of nitrogens with zero attached hydrogens (tertiary/aromatic N) is 1. The first-order chi connectivity index (χ1) is 7.03. The van der Waals surface area contributed by atoms with Crippen LogP contribution < -0.4 is 5.32 Å². The summed E-state index contributed by atoms with van der Waals surface area (Å²) in [6.45, 7) is 1.88. The van der Waals surface area contributed by atoms with E-state index in [4.69, 9.17) is 5.26 Å². The van der Waals surface area contributed by atoms with Crippen LogP contribution in [-0.4, -0.2) is 20.2 Å². The lowest BCUT2D eigenvalue weighted by atomic mass is 10.2. The molecule has 4 nitrogen and oxygen atoms in total. The topological polar surface area (TPSA) is 70.0 Å². The zero-order chi connectivity index (χ0) is 11.1. The van der Waals surface area contributed by atoms with Crippen LogP contribution in [0.4, 0.5) is 5.69 Å². The number of anilines is 1. The zero-order valence-corrected chi connectivity index (χ0v) is 9.00. The second-order valence-electron chi connectivity index (χ2n) is 3.61. The number of benzene rings is 1. The highest BCUT2D eigenvalue weighted by Crippen LogP contribution is 2.28. The Bertz CT molecular complexity index is 543. The predicted molar refractivity (Wildman–Crippen MR) is 56.3 cm³/mol. The Balaban J connectivity index is 2.61. The van der Waals surface area contributed by atoms with Crippen LogP contribution in [0.3, 0.4) is 0 Å². The summed E-state index contributed by atoms with van der Waals surface area (Å²) in [7, 11) is -3.31. The molecule has 78 valence electrons. The van der Waals surface area contributed by atoms with E-state index in [0.717, 1.165) is 5.56 Å². The van der Waals surface area contributed by atoms with Crippen molar-refractivity contribution in [1.29, 1.82) is 5.26 Å². The van der Waals surface area contributed by atoms with Gasteiger partial charge in [0.1, 0.15) is 6.04 Å². The zero-order valence-electron chi connectivity index (χ0n) is 8.19. The summed E-state index contributed by atoms with van der Waals surface area (Å²) in [6.07, 6.45) is 0. The van der Waals surface area contributed by atoms with Crippen molar-refractivity contribution in [2.45, 2.75) is 17.9 Å². The van der Waals surface area contributed by atoms with Gasteiger partial charge in [-0.3, -0.25) is 0 Å². The number of hydrogen-bond donors (Lipinski definition) is 1. The first-order valence-electron chi connectivity index (χ1n) is 4.52. The third-order valence-corrected chi connectivity index (χ3v) is 4.14. The standard InChI is InChI=1S/C10H10N2O2S/c1-7-2-3-10-9(4-7)12-8(5-11)6-15(10,13)14/h2-4,8,12H,6H2,1H3. The number of nitrogens with one attached hydrogen (secondary N) is 1. The molecule has 0 aromatic heterocycles. The maximum absolute atomic E-state index is 11.8. The number of aryl methyl sites for hydroxylation is 1. The van der Waals surface area contributed by atoms with Crippen LogP contribution >= 0.6 is 0 Å². The van der Waals surface area contributed by atoms with Crippen molar-refractivity contribution >= 4 is 15.5 Å². The van der Waals surface area contributed by atoms with E-state index in [1.165, 1.54) is 0 Å². The molecule has 2 rings (SSSR count). The average molecular weight is 222 g/mol. The Morgan fingerprint density at radius 3 is 2.93 bits per heavy atom. The molecule has 1 heterocycles. The fraction of sp³-hybridized carbons (Fsp3) is 0.300. The summed E-state index contributed by atoms with van der Waals surface area (Å²) in [5.41, 5.74) is 1.50. The molecular weight excluding hydrogens is 212 g/mol. The van der Waals surface area contributed by atoms with Crippen LogP contribution in [0.5, 0.6) is 0 Å². The quantitative estimate of drug-likeness (QED) is 0.713. The third kappa shape index (κ3) is 1.68. The van der Waals surface area contributed by atoms with Gasteiger partial charge >= 0.3 is 0 Å². The lowest BCUT2D eigenvalue weighted by molar-refractivity contribution is 0.591. The number of hydrogen-bond acceptors (Lipinski definition) is 4. The van der Waals surface area contributed by atoms with Crippen molar-refractivity contribution in [3.63, 3.8) is 0 Å². The summed E-state index contributed by atoms with van der Waals surface area (Å²) in [5, 5.41) is 11.6. The highest BCUT2D eigenvalue weighted by atomic mass is 32.2. The summed E-state index contributed by atoms with van der Waals surface area (Å²) in [4.78, 5) is 0.291. The first-order valence-corrected chi connectivity index (χ1v) is 6.18. The van der Waals surface area contributed by atoms with E-state index in [2.05, 4.69) is 5.32 Å². The van der Waals surface area contributed by atoms with Gasteiger partial charge in [-0.15, -0.1) is 0 Å². The van der Waals surface area contributed by atoms with E-state index in [0.29, 0.717) is 10.6 Å². The van der Waals surface area contributed by atoms with Gasteiger partial charge in [-0.1, -0.05) is 6.07 Å². The molecule has 0 aliphatic carbocycles. The molecular formula is C10H10N2O2S. The van der Waals surface area contributed by atoms with Gasteiger partial charge in [0.2, 0.25) is 0 Å². The molecule has 1 aliphatic rings. The number of fused-ring (bicyclic) bond motifs is 1. The van der Waals surface area contributed by atoms with Crippen molar-refractivity contribution < 1.29 is 8.42 Å². The number of sulfone groups is 1. The molecule has 1 aromatic rings. The SMILES string of the molecule is Cc1ccc2c(c1)NC(C#N)CS2(=O)=O. The highest BCUT2D eigenvalue weighted by Gasteiger charge is 2.29. The maximum atomic E-state index is 11.8. The van der Waals surface area contributed by atoms with Crippen LogP contribution in [0, 0.1) is 18.3 Å². The monoisotopic (exact) mass is 222 g/mol. The van der Waals surface area contributed by atoms with Crippen molar-refractivity contribution in [1.82, 2.24) is 0 Å². The van der Waals surface area contributed by atoms with Gasteiger partial charge < -0.3 is 5.32 Å². The molecule has 1 N–H and O–H groups in total. The maximum Gasteiger partial charge on any atom is 0.183 e. The van der Waals surface area contributed by atoms with Gasteiger partial charge in [0.05, 0.1) is 22.4 Å². The molecule has 1 aromatic carbocycles. The van der Waals surface area contributed by atoms with Crippen LogP contribution in [0.2, 0.25) is 0 Å². The first kappa shape index (κ1) is 9.99. The van der Waals surface area contributed by atoms with E-state index in [-0.39, 0.29) is 5.75 Å². The second-order valence-corrected chi connectivity index (χ2v) is 5.61. The molecule has 0 amide bonds. The summed E-state index contributed by atoms with van der Waals surface area (Å²) < 4.78 is 23.5. The van der Waals surface area contributed by atoms with E-state index >= 15 is 0 Å². The lowest BCUT2D eigenvalue weighted by Crippen LogP contribution is -2.32. The Morgan fingerprint density at radius 1 is 1.53 bits per heavy atom. The normalized spacial score (nSPS) is 22.3. The Kier molecular flexibility index (Phi) is 2.16. The second kappa shape index (κ2) is 3.24. The van der Waals surface area contributed by atoms with Gasteiger partial charge in [0.15, 0.2) is 9.84 Å². The molecule has 0 saturated heterocycles. The van der Waals surface area contributed by atoms with Crippen molar-refractivity contribution in [2.24, 2.45) is 0 Å². The Morgan fingerprint density at radius 2 is 2.27 bits per heavy atom. The minimum absolute atomic E-state index is 0.153. The van der Waals surface area contributed by atoms with E-state index < -0.39 is 15.9 Å². The lowest BCUT2D eigenvalue weighted by Gasteiger charge is -2.22. The van der Waals surface area contributed by atoms with E-state index in [1.807, 2.05) is 13.0 Å². The van der Waals surface area contributed by atoms with Crippen LogP contribution in [0.15, 0.2) is 23.1 Å². The van der Waals surface area contributed by atoms with Crippen molar-refractivity contribution in [3.8, 4) is 6.07 Å². The van der Waals surface area contributed by atoms with Gasteiger partial charge in [-0.25, -0.2) is 8.42 Å². The van der Waals surface area contributed by atoms with Gasteiger partial charge in [0, 0.05) is 0 Å². The third-order valence-electron chi connectivity index (χ3n) is 2.34. The summed E-state index contributed by atoms with van der Waals surface area (Å²) >= 11 is 0. The van der Waals surface area contributed by atoms with E-state index in [1.54, 1.807) is 18.2 Å². The number of nitriles is 1. The minimum Gasteiger partial charge on any atom is -0.368 e. The Hall–Kier alpha value is -1.54. The van der Waals surface area contributed by atoms with Gasteiger partial charge in [-0.05, 0) is 24.6 Å². The fourth-order valence-corrected chi connectivity index (χ4v) is 3.14. The Labute approximate surface area is 88.5 Å². The number of rotatable bonds is 0. The predicted octanol–water partition coefficient (Wildman–Crippen LogP) is 1.09. The molecule has 0 radical (unpaired) electrons. The molecule has 0 bridgehead atoms. The molecule has 1 unspecified atom stereocenters. The van der Waals surface area contributed by atoms with Crippen molar-refractivity contribution in [2.75, 3.05) is 11.1 Å². The van der Waals surface area contributed by atoms with Crippen LogP contribution in [0.1, 0.15) is 5.56 Å². The summed E-state index contributed by atoms with van der Waals surface area (Å²) in [6, 6.07) is 6.37. The molecule has 0 saturated carbocycles. The van der Waals surface area contributed by atoms with Gasteiger partial charge in [-0.2, -0.15) is 5.26 Å². The van der Waals surface area contributed by atoms with Crippen LogP contribution in [0.25, 0.3) is 0 Å². The molecule has 1 aliphatic heterocycles. The summed E-state index contributed by atoms with van der Waals surface area (Å²) in [5.74, 6) is -0.153. The molecule has 5 heteroatoms. The van der Waals surface area contributed by atoms with E-state index in [9.17, 15) is 8.42 Å². The fourth-order valence-electron chi connectivity index (χ4n) is 1.64. The minimum atomic E-state index is -3.31. The molecule has 0 spiro atoms. The largest absolute Gasteiger partial charge is 0.368 e. The molecule has 0 fully saturated rings. The molecule has 1 atom stereocenters. The highest BCUT2D eigenvalue weighted by molar-refractivity contribution is 7.91.